The van der Waals surface area contributed by atoms with Crippen molar-refractivity contribution in [1.29, 1.82) is 0 Å². The molecule has 18 heavy (non-hydrogen) atoms. The largest absolute Gasteiger partial charge is 0.383 e. The minimum Gasteiger partial charge on any atom is -0.383 e. The average Bonchev–Trinajstić information content (AvgIpc) is 2.28. The Morgan fingerprint density at radius 2 is 2.22 bits per heavy atom. The first kappa shape index (κ1) is 13.0. The number of ether oxygens (including phenoxy) is 1. The maximum absolute atomic E-state index is 5.72. The van der Waals surface area contributed by atoms with Crippen LogP contribution < -0.4 is 11.1 Å². The molecule has 1 aromatic heterocycles. The van der Waals surface area contributed by atoms with Gasteiger partial charge in [-0.2, -0.15) is 4.98 Å². The van der Waals surface area contributed by atoms with Gasteiger partial charge in [0.1, 0.15) is 5.82 Å². The van der Waals surface area contributed by atoms with E-state index in [1.54, 1.807) is 7.11 Å². The van der Waals surface area contributed by atoms with E-state index in [1.807, 2.05) is 25.1 Å². The zero-order valence-electron chi connectivity index (χ0n) is 10.3. The third kappa shape index (κ3) is 2.88. The number of aromatic nitrogens is 2. The van der Waals surface area contributed by atoms with Crippen molar-refractivity contribution in [2.75, 3.05) is 24.8 Å². The third-order valence-corrected chi connectivity index (χ3v) is 2.97. The van der Waals surface area contributed by atoms with Gasteiger partial charge in [0.05, 0.1) is 12.1 Å². The van der Waals surface area contributed by atoms with Crippen LogP contribution >= 0.6 is 15.9 Å². The minimum absolute atomic E-state index is 0.149. The molecule has 0 aliphatic heterocycles. The molecule has 0 aliphatic carbocycles. The molecule has 0 amide bonds. The molecule has 0 aliphatic rings. The van der Waals surface area contributed by atoms with Gasteiger partial charge in [0.25, 0.3) is 0 Å². The van der Waals surface area contributed by atoms with E-state index >= 15 is 0 Å². The number of rotatable bonds is 4. The molecule has 1 atom stereocenters. The molecule has 5 nitrogen and oxygen atoms in total. The monoisotopic (exact) mass is 310 g/mol. The number of nitrogen functional groups attached to an aromatic ring is 1. The molecule has 6 heteroatoms. The molecule has 1 heterocycles. The molecule has 0 spiro atoms. The van der Waals surface area contributed by atoms with Crippen molar-refractivity contribution in [2.24, 2.45) is 0 Å². The van der Waals surface area contributed by atoms with Crippen molar-refractivity contribution >= 4 is 38.6 Å². The van der Waals surface area contributed by atoms with E-state index in [0.717, 1.165) is 21.2 Å². The van der Waals surface area contributed by atoms with Crippen molar-refractivity contribution in [2.45, 2.75) is 13.0 Å². The summed E-state index contributed by atoms with van der Waals surface area (Å²) in [6.07, 6.45) is 0. The van der Waals surface area contributed by atoms with E-state index in [1.165, 1.54) is 0 Å². The topological polar surface area (TPSA) is 73.1 Å². The summed E-state index contributed by atoms with van der Waals surface area (Å²) in [6, 6.07) is 5.98. The van der Waals surface area contributed by atoms with Crippen LogP contribution in [0.5, 0.6) is 0 Å². The molecule has 0 bridgehead atoms. The quantitative estimate of drug-likeness (QED) is 0.907. The van der Waals surface area contributed by atoms with Crippen molar-refractivity contribution in [3.63, 3.8) is 0 Å². The van der Waals surface area contributed by atoms with Crippen LogP contribution in [-0.2, 0) is 4.74 Å². The number of hydrogen-bond donors (Lipinski definition) is 2. The summed E-state index contributed by atoms with van der Waals surface area (Å²) in [7, 11) is 1.67. The fourth-order valence-corrected chi connectivity index (χ4v) is 2.10. The van der Waals surface area contributed by atoms with Crippen molar-refractivity contribution < 1.29 is 4.74 Å². The van der Waals surface area contributed by atoms with Crippen LogP contribution in [0.25, 0.3) is 10.9 Å². The van der Waals surface area contributed by atoms with Crippen LogP contribution in [-0.4, -0.2) is 29.7 Å². The van der Waals surface area contributed by atoms with Crippen LogP contribution in [0.4, 0.5) is 11.8 Å². The summed E-state index contributed by atoms with van der Waals surface area (Å²) < 4.78 is 6.05. The van der Waals surface area contributed by atoms with Gasteiger partial charge in [-0.1, -0.05) is 15.9 Å². The highest BCUT2D eigenvalue weighted by molar-refractivity contribution is 9.10. The van der Waals surface area contributed by atoms with Gasteiger partial charge in [0.15, 0.2) is 0 Å². The molecule has 3 N–H and O–H groups in total. The Balaban J connectivity index is 2.42. The molecule has 0 saturated carbocycles. The van der Waals surface area contributed by atoms with E-state index in [2.05, 4.69) is 31.2 Å². The summed E-state index contributed by atoms with van der Waals surface area (Å²) in [5, 5.41) is 4.21. The second-order valence-electron chi connectivity index (χ2n) is 4.09. The van der Waals surface area contributed by atoms with Crippen molar-refractivity contribution in [1.82, 2.24) is 9.97 Å². The Kier molecular flexibility index (Phi) is 3.98. The fraction of sp³-hybridized carbons (Fsp3) is 0.333. The Morgan fingerprint density at radius 1 is 1.44 bits per heavy atom. The van der Waals surface area contributed by atoms with Crippen LogP contribution in [0.15, 0.2) is 22.7 Å². The molecule has 2 rings (SSSR count). The zero-order valence-corrected chi connectivity index (χ0v) is 11.9. The van der Waals surface area contributed by atoms with Gasteiger partial charge in [-0.25, -0.2) is 4.98 Å². The second-order valence-corrected chi connectivity index (χ2v) is 5.01. The lowest BCUT2D eigenvalue weighted by Gasteiger charge is -2.15. The van der Waals surface area contributed by atoms with E-state index in [4.69, 9.17) is 10.5 Å². The predicted octanol–water partition coefficient (Wildman–Crippen LogP) is 2.42. The number of nitrogens with zero attached hydrogens (tertiary/aromatic N) is 2. The van der Waals surface area contributed by atoms with Gasteiger partial charge < -0.3 is 15.8 Å². The van der Waals surface area contributed by atoms with E-state index in [-0.39, 0.29) is 12.0 Å². The number of methoxy groups -OCH3 is 1. The number of nitrogens with one attached hydrogen (secondary N) is 1. The van der Waals surface area contributed by atoms with Crippen LogP contribution in [0.1, 0.15) is 6.92 Å². The summed E-state index contributed by atoms with van der Waals surface area (Å²) in [4.78, 5) is 8.45. The zero-order chi connectivity index (χ0) is 13.1. The number of anilines is 2. The van der Waals surface area contributed by atoms with Gasteiger partial charge in [-0.05, 0) is 25.1 Å². The summed E-state index contributed by atoms with van der Waals surface area (Å²) >= 11 is 3.42. The number of halogens is 1. The maximum Gasteiger partial charge on any atom is 0.222 e. The first-order valence-corrected chi connectivity index (χ1v) is 6.37. The highest BCUT2D eigenvalue weighted by atomic mass is 79.9. The van der Waals surface area contributed by atoms with Gasteiger partial charge in [-0.3, -0.25) is 0 Å². The van der Waals surface area contributed by atoms with E-state index in [0.29, 0.717) is 6.61 Å². The molecule has 96 valence electrons. The van der Waals surface area contributed by atoms with Gasteiger partial charge >= 0.3 is 0 Å². The smallest absolute Gasteiger partial charge is 0.222 e. The van der Waals surface area contributed by atoms with Crippen molar-refractivity contribution in [3.05, 3.63) is 22.7 Å². The lowest BCUT2D eigenvalue weighted by molar-refractivity contribution is 0.190. The minimum atomic E-state index is 0.149. The highest BCUT2D eigenvalue weighted by Crippen LogP contribution is 2.24. The SMILES string of the molecule is COC[C@H](C)Nc1nc(N)nc2cc(Br)ccc12. The first-order chi connectivity index (χ1) is 8.60. The molecule has 1 aromatic carbocycles. The predicted molar refractivity (Wildman–Crippen MR) is 76.6 cm³/mol. The standard InChI is InChI=1S/C12H15BrN4O/c1-7(6-18-2)15-11-9-4-3-8(13)5-10(9)16-12(14)17-11/h3-5,7H,6H2,1-2H3,(H3,14,15,16,17)/t7-/m0/s1. The molecule has 0 saturated heterocycles. The van der Waals surface area contributed by atoms with Crippen LogP contribution in [0, 0.1) is 0 Å². The summed E-state index contributed by atoms with van der Waals surface area (Å²) in [5.74, 6) is 0.988. The van der Waals surface area contributed by atoms with E-state index < -0.39 is 0 Å². The normalized spacial score (nSPS) is 12.6. The van der Waals surface area contributed by atoms with Crippen LogP contribution in [0.3, 0.4) is 0 Å². The lowest BCUT2D eigenvalue weighted by atomic mass is 10.2. The second kappa shape index (κ2) is 5.49. The number of hydrogen-bond acceptors (Lipinski definition) is 5. The average molecular weight is 311 g/mol. The van der Waals surface area contributed by atoms with Crippen molar-refractivity contribution in [3.8, 4) is 0 Å². The lowest BCUT2D eigenvalue weighted by Crippen LogP contribution is -2.22. The molecule has 0 fully saturated rings. The number of fused-ring (bicyclic) bond motifs is 1. The fourth-order valence-electron chi connectivity index (χ4n) is 1.76. The Labute approximate surface area is 114 Å². The van der Waals surface area contributed by atoms with Gasteiger partial charge in [0, 0.05) is 23.0 Å². The molecule has 0 radical (unpaired) electrons. The molecular formula is C12H15BrN4O. The summed E-state index contributed by atoms with van der Waals surface area (Å²) in [5.41, 5.74) is 6.52. The molecule has 2 aromatic rings. The number of nitrogens with two attached hydrogens (primary N) is 1. The van der Waals surface area contributed by atoms with Crippen LogP contribution in [0.2, 0.25) is 0 Å². The summed E-state index contributed by atoms with van der Waals surface area (Å²) in [6.45, 7) is 2.62. The Hall–Kier alpha value is -1.40. The third-order valence-electron chi connectivity index (χ3n) is 2.48. The van der Waals surface area contributed by atoms with Gasteiger partial charge in [-0.15, -0.1) is 0 Å². The molecule has 0 unspecified atom stereocenters. The Morgan fingerprint density at radius 3 is 2.94 bits per heavy atom. The van der Waals surface area contributed by atoms with Gasteiger partial charge in [0.2, 0.25) is 5.95 Å². The highest BCUT2D eigenvalue weighted by Gasteiger charge is 2.09. The maximum atomic E-state index is 5.72. The number of benzene rings is 1. The first-order valence-electron chi connectivity index (χ1n) is 5.58. The van der Waals surface area contributed by atoms with E-state index in [9.17, 15) is 0 Å². The Bertz CT molecular complexity index is 556. The molecular weight excluding hydrogens is 296 g/mol.